The second-order valence-corrected chi connectivity index (χ2v) is 11.3. The second kappa shape index (κ2) is 25.6. The van der Waals surface area contributed by atoms with Crippen LogP contribution in [0.3, 0.4) is 0 Å². The van der Waals surface area contributed by atoms with Gasteiger partial charge in [-0.05, 0) is 19.3 Å². The first-order valence-corrected chi connectivity index (χ1v) is 16.1. The van der Waals surface area contributed by atoms with E-state index in [0.29, 0.717) is 5.91 Å². The summed E-state index contributed by atoms with van der Waals surface area (Å²) in [5, 5.41) is 0. The second-order valence-electron chi connectivity index (χ2n) is 11.3. The number of rotatable bonds is 26. The van der Waals surface area contributed by atoms with Gasteiger partial charge < -0.3 is 4.90 Å². The Hall–Kier alpha value is -0.530. The highest BCUT2D eigenvalue weighted by molar-refractivity contribution is 5.76. The third-order valence-corrected chi connectivity index (χ3v) is 7.95. The molecule has 1 heterocycles. The standard InChI is InChI=1S/C32H63NO/c1-2-3-4-5-6-7-8-9-10-11-12-13-14-15-16-17-18-19-20-21-22-23-24-25-27-30-33-31-28-26-29-32(33)34/h2-31H2,1H3. The minimum atomic E-state index is 0.399. The number of carbonyl (C=O) groups excluding carboxylic acids is 1. The number of nitrogens with zero attached hydrogens (tertiary/aromatic N) is 1. The van der Waals surface area contributed by atoms with E-state index in [1.165, 1.54) is 167 Å². The predicted molar refractivity (Wildman–Crippen MR) is 152 cm³/mol. The van der Waals surface area contributed by atoms with Crippen LogP contribution in [0.1, 0.15) is 187 Å². The van der Waals surface area contributed by atoms with Gasteiger partial charge in [-0.25, -0.2) is 0 Å². The molecule has 1 amide bonds. The average Bonchev–Trinajstić information content (AvgIpc) is 2.85. The van der Waals surface area contributed by atoms with E-state index in [9.17, 15) is 4.79 Å². The molecule has 0 bridgehead atoms. The largest absolute Gasteiger partial charge is 0.343 e. The Morgan fingerprint density at radius 1 is 0.471 bits per heavy atom. The zero-order chi connectivity index (χ0) is 24.4. The molecule has 202 valence electrons. The molecular formula is C32H63NO. The quantitative estimate of drug-likeness (QED) is 0.113. The molecular weight excluding hydrogens is 414 g/mol. The van der Waals surface area contributed by atoms with Crippen molar-refractivity contribution in [2.24, 2.45) is 0 Å². The van der Waals surface area contributed by atoms with Crippen LogP contribution in [0.4, 0.5) is 0 Å². The van der Waals surface area contributed by atoms with Crippen molar-refractivity contribution in [2.75, 3.05) is 13.1 Å². The summed E-state index contributed by atoms with van der Waals surface area (Å²) in [5.74, 6) is 0.399. The van der Waals surface area contributed by atoms with Crippen LogP contribution in [0.5, 0.6) is 0 Å². The molecule has 0 atom stereocenters. The van der Waals surface area contributed by atoms with E-state index in [0.717, 1.165) is 25.9 Å². The van der Waals surface area contributed by atoms with Gasteiger partial charge >= 0.3 is 0 Å². The zero-order valence-corrected chi connectivity index (χ0v) is 23.6. The predicted octanol–water partition coefficient (Wildman–Crippen LogP) is 10.8. The molecule has 2 heteroatoms. The molecule has 0 aromatic carbocycles. The summed E-state index contributed by atoms with van der Waals surface area (Å²) in [6.07, 6.45) is 39.1. The molecule has 0 spiro atoms. The molecule has 2 nitrogen and oxygen atoms in total. The Kier molecular flexibility index (Phi) is 23.7. The lowest BCUT2D eigenvalue weighted by atomic mass is 10.0. The van der Waals surface area contributed by atoms with Gasteiger partial charge in [0.2, 0.25) is 5.91 Å². The third kappa shape index (κ3) is 20.8. The van der Waals surface area contributed by atoms with Crippen LogP contribution < -0.4 is 0 Å². The van der Waals surface area contributed by atoms with Crippen molar-refractivity contribution in [3.05, 3.63) is 0 Å². The number of unbranched alkanes of at least 4 members (excludes halogenated alkanes) is 24. The third-order valence-electron chi connectivity index (χ3n) is 7.95. The first-order chi connectivity index (χ1) is 16.8. The Morgan fingerprint density at radius 3 is 1.12 bits per heavy atom. The fourth-order valence-corrected chi connectivity index (χ4v) is 5.54. The van der Waals surface area contributed by atoms with E-state index >= 15 is 0 Å². The molecule has 0 radical (unpaired) electrons. The summed E-state index contributed by atoms with van der Waals surface area (Å²) >= 11 is 0. The van der Waals surface area contributed by atoms with E-state index in [-0.39, 0.29) is 0 Å². The number of amides is 1. The summed E-state index contributed by atoms with van der Waals surface area (Å²) in [4.78, 5) is 13.9. The van der Waals surface area contributed by atoms with Gasteiger partial charge in [-0.2, -0.15) is 0 Å². The van der Waals surface area contributed by atoms with Crippen molar-refractivity contribution in [3.63, 3.8) is 0 Å². The Labute approximate surface area is 215 Å². The van der Waals surface area contributed by atoms with Crippen LogP contribution in [0.25, 0.3) is 0 Å². The lowest BCUT2D eigenvalue weighted by molar-refractivity contribution is -0.133. The van der Waals surface area contributed by atoms with Gasteiger partial charge in [0.15, 0.2) is 0 Å². The van der Waals surface area contributed by atoms with Crippen molar-refractivity contribution in [2.45, 2.75) is 187 Å². The topological polar surface area (TPSA) is 20.3 Å². The number of carbonyl (C=O) groups is 1. The van der Waals surface area contributed by atoms with E-state index < -0.39 is 0 Å². The maximum absolute atomic E-state index is 11.8. The molecule has 0 saturated carbocycles. The SMILES string of the molecule is CCCCCCCCCCCCCCCCCCCCCCCCCCCN1CCCCC1=O. The maximum Gasteiger partial charge on any atom is 0.222 e. The van der Waals surface area contributed by atoms with Gasteiger partial charge in [0, 0.05) is 19.5 Å². The van der Waals surface area contributed by atoms with Gasteiger partial charge in [0.1, 0.15) is 0 Å². The average molecular weight is 478 g/mol. The molecule has 0 aromatic rings. The Morgan fingerprint density at radius 2 is 0.794 bits per heavy atom. The maximum atomic E-state index is 11.8. The minimum absolute atomic E-state index is 0.399. The summed E-state index contributed by atoms with van der Waals surface area (Å²) in [6, 6.07) is 0. The molecule has 1 saturated heterocycles. The normalized spacial score (nSPS) is 14.3. The molecule has 1 rings (SSSR count). The van der Waals surface area contributed by atoms with Crippen LogP contribution in [0.15, 0.2) is 0 Å². The monoisotopic (exact) mass is 477 g/mol. The van der Waals surface area contributed by atoms with Gasteiger partial charge in [-0.1, -0.05) is 161 Å². The van der Waals surface area contributed by atoms with Gasteiger partial charge in [-0.3, -0.25) is 4.79 Å². The molecule has 1 aliphatic rings. The van der Waals surface area contributed by atoms with Crippen molar-refractivity contribution in [1.82, 2.24) is 4.90 Å². The van der Waals surface area contributed by atoms with E-state index in [4.69, 9.17) is 0 Å². The van der Waals surface area contributed by atoms with Crippen molar-refractivity contribution in [1.29, 1.82) is 0 Å². The van der Waals surface area contributed by atoms with Gasteiger partial charge in [0.05, 0.1) is 0 Å². The summed E-state index contributed by atoms with van der Waals surface area (Å²) < 4.78 is 0. The van der Waals surface area contributed by atoms with Crippen molar-refractivity contribution in [3.8, 4) is 0 Å². The summed E-state index contributed by atoms with van der Waals surface area (Å²) in [6.45, 7) is 4.33. The first-order valence-electron chi connectivity index (χ1n) is 16.1. The van der Waals surface area contributed by atoms with Crippen LogP contribution in [-0.4, -0.2) is 23.9 Å². The van der Waals surface area contributed by atoms with Crippen LogP contribution in [0.2, 0.25) is 0 Å². The molecule has 1 aliphatic heterocycles. The smallest absolute Gasteiger partial charge is 0.222 e. The van der Waals surface area contributed by atoms with Crippen LogP contribution >= 0.6 is 0 Å². The van der Waals surface area contributed by atoms with E-state index in [1.54, 1.807) is 0 Å². The molecule has 0 unspecified atom stereocenters. The van der Waals surface area contributed by atoms with Crippen molar-refractivity contribution >= 4 is 5.91 Å². The molecule has 0 aliphatic carbocycles. The fourth-order valence-electron chi connectivity index (χ4n) is 5.54. The number of hydrogen-bond acceptors (Lipinski definition) is 1. The fraction of sp³-hybridized carbons (Fsp3) is 0.969. The first kappa shape index (κ1) is 31.5. The van der Waals surface area contributed by atoms with E-state index in [2.05, 4.69) is 11.8 Å². The van der Waals surface area contributed by atoms with E-state index in [1.807, 2.05) is 0 Å². The summed E-state index contributed by atoms with van der Waals surface area (Å²) in [5.41, 5.74) is 0. The zero-order valence-electron chi connectivity index (χ0n) is 23.6. The Bertz CT molecular complexity index is 421. The van der Waals surface area contributed by atoms with Crippen LogP contribution in [-0.2, 0) is 4.79 Å². The summed E-state index contributed by atoms with van der Waals surface area (Å²) in [7, 11) is 0. The molecule has 0 N–H and O–H groups in total. The molecule has 1 fully saturated rings. The number of hydrogen-bond donors (Lipinski definition) is 0. The molecule has 34 heavy (non-hydrogen) atoms. The van der Waals surface area contributed by atoms with Gasteiger partial charge in [-0.15, -0.1) is 0 Å². The lowest BCUT2D eigenvalue weighted by Crippen LogP contribution is -2.35. The molecule has 0 aromatic heterocycles. The van der Waals surface area contributed by atoms with Gasteiger partial charge in [0.25, 0.3) is 0 Å². The number of likely N-dealkylation sites (tertiary alicyclic amines) is 1. The van der Waals surface area contributed by atoms with Crippen molar-refractivity contribution < 1.29 is 4.79 Å². The highest BCUT2D eigenvalue weighted by Gasteiger charge is 2.16. The highest BCUT2D eigenvalue weighted by Crippen LogP contribution is 2.16. The highest BCUT2D eigenvalue weighted by atomic mass is 16.2. The Balaban J connectivity index is 1.65. The lowest BCUT2D eigenvalue weighted by Gasteiger charge is -2.26. The number of piperidine rings is 1. The minimum Gasteiger partial charge on any atom is -0.343 e. The van der Waals surface area contributed by atoms with Crippen LogP contribution in [0, 0.1) is 0 Å².